The number of fused-ring (bicyclic) bond motifs is 8. The highest BCUT2D eigenvalue weighted by atomic mass is 33.5. The van der Waals surface area contributed by atoms with Gasteiger partial charge in [-0.1, -0.05) is 19.1 Å². The van der Waals surface area contributed by atoms with Gasteiger partial charge in [0.25, 0.3) is 0 Å². The Morgan fingerprint density at radius 1 is 0.886 bits per heavy atom. The minimum absolute atomic E-state index is 0.266. The fourth-order valence-electron chi connectivity index (χ4n) is 8.87. The first kappa shape index (κ1) is 28.3. The summed E-state index contributed by atoms with van der Waals surface area (Å²) in [5.41, 5.74) is 0. The maximum Gasteiger partial charge on any atom is 0.103 e. The van der Waals surface area contributed by atoms with Crippen molar-refractivity contribution >= 4 is 70.6 Å². The number of thiol groups is 1. The van der Waals surface area contributed by atoms with Gasteiger partial charge in [-0.05, 0) is 98.0 Å². The van der Waals surface area contributed by atoms with E-state index in [1.807, 2.05) is 0 Å². The van der Waals surface area contributed by atoms with Gasteiger partial charge < -0.3 is 23.5 Å². The molecular formula is C24H44N4S7. The lowest BCUT2D eigenvalue weighted by Gasteiger charge is -2.39. The smallest absolute Gasteiger partial charge is 0.103 e. The molecule has 0 aromatic heterocycles. The number of hydrogen-bond acceptors (Lipinski definition) is 8. The molecule has 0 radical (unpaired) electrons. The van der Waals surface area contributed by atoms with Crippen molar-refractivity contribution < 1.29 is 4.90 Å². The molecular weight excluding hydrogens is 569 g/mol. The number of nitrogens with one attached hydrogen (secondary N) is 3. The molecule has 4 nitrogen and oxygen atoms in total. The van der Waals surface area contributed by atoms with Crippen LogP contribution in [0.15, 0.2) is 0 Å². The minimum atomic E-state index is -1.84. The normalized spacial score (nSPS) is 51.3. The number of likely N-dealkylation sites (tertiary alicyclic amines) is 1. The van der Waals surface area contributed by atoms with E-state index in [1.165, 1.54) is 38.6 Å². The lowest BCUT2D eigenvalue weighted by Crippen LogP contribution is -3.12. The first-order valence-corrected chi connectivity index (χ1v) is 21.3. The molecule has 35 heavy (non-hydrogen) atoms. The van der Waals surface area contributed by atoms with E-state index in [4.69, 9.17) is 56.4 Å². The Bertz CT molecular complexity index is 963. The molecule has 11 heteroatoms. The van der Waals surface area contributed by atoms with Gasteiger partial charge >= 0.3 is 0 Å². The van der Waals surface area contributed by atoms with Gasteiger partial charge in [0.05, 0.1) is 18.8 Å². The van der Waals surface area contributed by atoms with E-state index in [0.29, 0.717) is 59.4 Å². The molecule has 13 unspecified atom stereocenters. The van der Waals surface area contributed by atoms with E-state index in [-0.39, 0.29) is 5.25 Å². The van der Waals surface area contributed by atoms with E-state index < -0.39 is 14.2 Å². The van der Waals surface area contributed by atoms with E-state index in [9.17, 15) is 0 Å². The van der Waals surface area contributed by atoms with Crippen LogP contribution in [0.3, 0.4) is 0 Å². The molecule has 5 fully saturated rings. The van der Waals surface area contributed by atoms with Crippen LogP contribution in [0.5, 0.6) is 0 Å². The largest absolute Gasteiger partial charge is 0.341 e. The Kier molecular flexibility index (Phi) is 8.88. The van der Waals surface area contributed by atoms with Crippen molar-refractivity contribution in [3.63, 3.8) is 0 Å². The molecule has 202 valence electrons. The van der Waals surface area contributed by atoms with E-state index in [1.54, 1.807) is 4.90 Å². The first-order chi connectivity index (χ1) is 16.5. The van der Waals surface area contributed by atoms with E-state index in [0.717, 1.165) is 18.8 Å². The average Bonchev–Trinajstić information content (AvgIpc) is 3.55. The maximum absolute atomic E-state index is 6.01. The summed E-state index contributed by atoms with van der Waals surface area (Å²) in [6, 6.07) is 3.54. The zero-order valence-electron chi connectivity index (χ0n) is 21.4. The van der Waals surface area contributed by atoms with Crippen molar-refractivity contribution in [2.75, 3.05) is 20.6 Å². The van der Waals surface area contributed by atoms with Crippen LogP contribution < -0.4 is 15.5 Å². The van der Waals surface area contributed by atoms with Gasteiger partial charge in [-0.15, -0.1) is 11.7 Å². The van der Waals surface area contributed by atoms with Crippen LogP contribution in [-0.2, 0) is 58.9 Å². The lowest BCUT2D eigenvalue weighted by atomic mass is 9.84. The number of hydrogen-bond donors (Lipinski definition) is 4. The van der Waals surface area contributed by atoms with Gasteiger partial charge in [-0.2, -0.15) is 0 Å². The van der Waals surface area contributed by atoms with Gasteiger partial charge in [0, 0.05) is 36.5 Å². The Morgan fingerprint density at radius 3 is 2.03 bits per heavy atom. The zero-order chi connectivity index (χ0) is 25.2. The standard InChI is InChI=1S/C24H43N4S7/c1-13-15-11-22(27(3)12-15)24(35(31,32)33)19-8-7-18(26-19)23(34(29)30)17-6-5-16(25-17)14(2)21-10-9-20(13)28(21)4/h13-26H,5-12H2,1-4H3,(H,31,32,33)/q-1/p+1. The molecule has 0 spiro atoms. The SMILES string of the molecule is CC1C2CC(C(S(=S)(=S)S)C3CCC(N3)C([S-](=S)=S)C3CCC(N3)C(C)C3CCC1N3C)[NH+](C)C2. The monoisotopic (exact) mass is 612 g/mol. The molecule has 0 saturated carbocycles. The second-order valence-corrected chi connectivity index (χ2v) is 24.8. The molecule has 5 aliphatic rings. The zero-order valence-corrected chi connectivity index (χ0v) is 27.2. The molecule has 0 aromatic rings. The molecule has 0 aliphatic carbocycles. The van der Waals surface area contributed by atoms with Gasteiger partial charge in [0.2, 0.25) is 0 Å². The summed E-state index contributed by atoms with van der Waals surface area (Å²) in [5.74, 6) is 2.08. The summed E-state index contributed by atoms with van der Waals surface area (Å²) in [6.45, 7) is 6.25. The van der Waals surface area contributed by atoms with Crippen molar-refractivity contribution in [1.29, 1.82) is 0 Å². The van der Waals surface area contributed by atoms with Gasteiger partial charge in [-0.3, -0.25) is 27.3 Å². The quantitative estimate of drug-likeness (QED) is 0.211. The molecule has 5 aliphatic heterocycles. The Balaban J connectivity index is 1.51. The number of quaternary nitrogens is 1. The third-order valence-corrected chi connectivity index (χ3v) is 16.6. The molecule has 3 N–H and O–H groups in total. The van der Waals surface area contributed by atoms with E-state index >= 15 is 0 Å². The van der Waals surface area contributed by atoms with Crippen LogP contribution in [0.1, 0.15) is 58.8 Å². The van der Waals surface area contributed by atoms with E-state index in [2.05, 4.69) is 43.5 Å². The van der Waals surface area contributed by atoms with Crippen LogP contribution in [0.25, 0.3) is 0 Å². The fourth-order valence-corrected chi connectivity index (χ4v) is 15.3. The van der Waals surface area contributed by atoms with Crippen LogP contribution in [-0.4, -0.2) is 78.3 Å². The fraction of sp³-hybridized carbons (Fsp3) is 1.00. The summed E-state index contributed by atoms with van der Waals surface area (Å²) in [6.07, 6.45) is 6.74. The maximum atomic E-state index is 6.01. The van der Waals surface area contributed by atoms with Crippen LogP contribution in [0.2, 0.25) is 0 Å². The molecule has 5 rings (SSSR count). The molecule has 5 saturated heterocycles. The van der Waals surface area contributed by atoms with Crippen LogP contribution >= 0.6 is 11.7 Å². The third kappa shape index (κ3) is 5.42. The predicted molar refractivity (Wildman–Crippen MR) is 167 cm³/mol. The van der Waals surface area contributed by atoms with Crippen molar-refractivity contribution in [3.05, 3.63) is 0 Å². The number of rotatable bonds is 2. The topological polar surface area (TPSA) is 31.7 Å². The Hall–Kier alpha value is 1.77. The van der Waals surface area contributed by atoms with Crippen LogP contribution in [0.4, 0.5) is 0 Å². The Labute approximate surface area is 239 Å². The second kappa shape index (κ2) is 11.0. The van der Waals surface area contributed by atoms with Crippen molar-refractivity contribution in [3.8, 4) is 0 Å². The highest BCUT2D eigenvalue weighted by Crippen LogP contribution is 2.40. The summed E-state index contributed by atoms with van der Waals surface area (Å²) in [4.78, 5) is 4.38. The first-order valence-electron chi connectivity index (χ1n) is 13.6. The highest BCUT2D eigenvalue weighted by Gasteiger charge is 2.51. The molecule has 0 aromatic carbocycles. The molecule has 13 atom stereocenters. The number of nitrogens with zero attached hydrogens (tertiary/aromatic N) is 1. The van der Waals surface area contributed by atoms with Crippen molar-refractivity contribution in [1.82, 2.24) is 15.5 Å². The minimum Gasteiger partial charge on any atom is -0.341 e. The summed E-state index contributed by atoms with van der Waals surface area (Å²) in [5, 5.41) is 8.73. The third-order valence-electron chi connectivity index (χ3n) is 10.8. The predicted octanol–water partition coefficient (Wildman–Crippen LogP) is 1.08. The average molecular weight is 613 g/mol. The van der Waals surface area contributed by atoms with Gasteiger partial charge in [0.15, 0.2) is 0 Å². The Morgan fingerprint density at radius 2 is 1.43 bits per heavy atom. The van der Waals surface area contributed by atoms with Crippen molar-refractivity contribution in [2.45, 2.75) is 112 Å². The summed E-state index contributed by atoms with van der Waals surface area (Å²) in [7, 11) is 4.32. The molecule has 8 bridgehead atoms. The second-order valence-electron chi connectivity index (χ2n) is 12.4. The van der Waals surface area contributed by atoms with Crippen molar-refractivity contribution in [2.24, 2.45) is 17.8 Å². The lowest BCUT2D eigenvalue weighted by molar-refractivity contribution is -0.893. The van der Waals surface area contributed by atoms with Crippen LogP contribution in [0, 0.1) is 17.8 Å². The highest BCUT2D eigenvalue weighted by molar-refractivity contribution is 8.93. The molecule has 0 amide bonds. The summed E-state index contributed by atoms with van der Waals surface area (Å²) >= 11 is 28.7. The van der Waals surface area contributed by atoms with Gasteiger partial charge in [0.1, 0.15) is 6.04 Å². The van der Waals surface area contributed by atoms with Gasteiger partial charge in [-0.25, -0.2) is 0 Å². The summed E-state index contributed by atoms with van der Waals surface area (Å²) < 4.78 is 0. The molecule has 5 heterocycles.